The third-order valence-electron chi connectivity index (χ3n) is 5.21. The maximum Gasteiger partial charge on any atom is 0.254 e. The fourth-order valence-electron chi connectivity index (χ4n) is 3.49. The van der Waals surface area contributed by atoms with Crippen molar-refractivity contribution in [1.82, 2.24) is 25.0 Å². The Kier molecular flexibility index (Phi) is 7.36. The van der Waals surface area contributed by atoms with Crippen LogP contribution in [-0.2, 0) is 9.53 Å². The summed E-state index contributed by atoms with van der Waals surface area (Å²) in [7, 11) is 0. The van der Waals surface area contributed by atoms with Gasteiger partial charge < -0.3 is 15.0 Å². The second kappa shape index (κ2) is 10.6. The predicted molar refractivity (Wildman–Crippen MR) is 122 cm³/mol. The number of thioether (sulfide) groups is 1. The highest BCUT2D eigenvalue weighted by molar-refractivity contribution is 7.99. The predicted octanol–water partition coefficient (Wildman–Crippen LogP) is 2.85. The molecule has 1 unspecified atom stereocenters. The lowest BCUT2D eigenvalue weighted by atomic mass is 10.2. The molecule has 1 aliphatic rings. The Hall–Kier alpha value is -3.24. The standard InChI is InChI=1S/C23H24FN5O3S/c1-16(25-22(31)18-9-5-6-10-19(18)24)21-26-27-23(29(21)17-7-3-2-4-8-17)33-15-20(30)28-11-13-32-14-12-28/h2-10,16H,11-15H2,1H3,(H,25,31). The number of carbonyl (C=O) groups is 2. The highest BCUT2D eigenvalue weighted by Crippen LogP contribution is 2.26. The molecule has 10 heteroatoms. The highest BCUT2D eigenvalue weighted by Gasteiger charge is 2.24. The van der Waals surface area contributed by atoms with Gasteiger partial charge in [0.2, 0.25) is 5.91 Å². The van der Waals surface area contributed by atoms with Gasteiger partial charge in [0.25, 0.3) is 5.91 Å². The Balaban J connectivity index is 1.55. The summed E-state index contributed by atoms with van der Waals surface area (Å²) in [6.07, 6.45) is 0. The maximum atomic E-state index is 14.0. The molecule has 172 valence electrons. The van der Waals surface area contributed by atoms with E-state index in [9.17, 15) is 14.0 Å². The van der Waals surface area contributed by atoms with Gasteiger partial charge >= 0.3 is 0 Å². The zero-order valence-electron chi connectivity index (χ0n) is 18.1. The largest absolute Gasteiger partial charge is 0.378 e. The number of ether oxygens (including phenoxy) is 1. The van der Waals surface area contributed by atoms with Gasteiger partial charge in [-0.15, -0.1) is 10.2 Å². The van der Waals surface area contributed by atoms with E-state index in [1.165, 1.54) is 30.0 Å². The van der Waals surface area contributed by atoms with E-state index in [4.69, 9.17) is 4.74 Å². The smallest absolute Gasteiger partial charge is 0.254 e. The van der Waals surface area contributed by atoms with Gasteiger partial charge in [0.15, 0.2) is 11.0 Å². The fourth-order valence-corrected chi connectivity index (χ4v) is 4.35. The third-order valence-corrected chi connectivity index (χ3v) is 6.13. The van der Waals surface area contributed by atoms with Crippen molar-refractivity contribution in [2.24, 2.45) is 0 Å². The van der Waals surface area contributed by atoms with Gasteiger partial charge in [-0.3, -0.25) is 14.2 Å². The van der Waals surface area contributed by atoms with E-state index in [1.807, 2.05) is 34.9 Å². The molecule has 1 saturated heterocycles. The van der Waals surface area contributed by atoms with Crippen LogP contribution in [0, 0.1) is 5.82 Å². The summed E-state index contributed by atoms with van der Waals surface area (Å²) in [5, 5.41) is 11.9. The van der Waals surface area contributed by atoms with Gasteiger partial charge in [0.1, 0.15) is 5.82 Å². The van der Waals surface area contributed by atoms with Gasteiger partial charge in [0.05, 0.1) is 30.6 Å². The van der Waals surface area contributed by atoms with Crippen LogP contribution in [0.4, 0.5) is 4.39 Å². The minimum absolute atomic E-state index is 0.00775. The third kappa shape index (κ3) is 5.40. The number of hydrogen-bond acceptors (Lipinski definition) is 6. The van der Waals surface area contributed by atoms with E-state index in [-0.39, 0.29) is 17.2 Å². The first-order valence-electron chi connectivity index (χ1n) is 10.6. The van der Waals surface area contributed by atoms with Gasteiger partial charge in [-0.25, -0.2) is 4.39 Å². The van der Waals surface area contributed by atoms with Crippen LogP contribution in [0.15, 0.2) is 59.8 Å². The quantitative estimate of drug-likeness (QED) is 0.536. The number of morpholine rings is 1. The van der Waals surface area contributed by atoms with Crippen LogP contribution in [0.25, 0.3) is 5.69 Å². The molecule has 3 aromatic rings. The van der Waals surface area contributed by atoms with Gasteiger partial charge in [-0.05, 0) is 31.2 Å². The average Bonchev–Trinajstić information content (AvgIpc) is 3.28. The molecule has 1 atom stereocenters. The monoisotopic (exact) mass is 469 g/mol. The summed E-state index contributed by atoms with van der Waals surface area (Å²) in [4.78, 5) is 27.0. The number of aromatic nitrogens is 3. The van der Waals surface area contributed by atoms with Gasteiger partial charge in [-0.2, -0.15) is 0 Å². The summed E-state index contributed by atoms with van der Waals surface area (Å²) in [6, 6.07) is 14.7. The second-order valence-corrected chi connectivity index (χ2v) is 8.41. The number of para-hydroxylation sites is 1. The van der Waals surface area contributed by atoms with Crippen LogP contribution in [0.5, 0.6) is 0 Å². The minimum Gasteiger partial charge on any atom is -0.378 e. The first-order valence-corrected chi connectivity index (χ1v) is 11.6. The molecule has 1 aliphatic heterocycles. The molecule has 2 amide bonds. The lowest BCUT2D eigenvalue weighted by Gasteiger charge is -2.26. The molecular formula is C23H24FN5O3S. The zero-order valence-corrected chi connectivity index (χ0v) is 18.9. The minimum atomic E-state index is -0.593. The second-order valence-electron chi connectivity index (χ2n) is 7.47. The Morgan fingerprint density at radius 2 is 1.79 bits per heavy atom. The maximum absolute atomic E-state index is 14.0. The van der Waals surface area contributed by atoms with Gasteiger partial charge in [-0.1, -0.05) is 42.1 Å². The number of carbonyl (C=O) groups excluding carboxylic acids is 2. The lowest BCUT2D eigenvalue weighted by molar-refractivity contribution is -0.132. The molecule has 1 aromatic heterocycles. The summed E-state index contributed by atoms with van der Waals surface area (Å²) in [6.45, 7) is 4.00. The molecule has 1 N–H and O–H groups in total. The van der Waals surface area contributed by atoms with Crippen molar-refractivity contribution in [2.75, 3.05) is 32.1 Å². The molecule has 2 aromatic carbocycles. The van der Waals surface area contributed by atoms with Crippen LogP contribution in [0.1, 0.15) is 29.1 Å². The van der Waals surface area contributed by atoms with Crippen molar-refractivity contribution in [3.05, 3.63) is 71.8 Å². The van der Waals surface area contributed by atoms with Crippen molar-refractivity contribution in [2.45, 2.75) is 18.1 Å². The molecular weight excluding hydrogens is 445 g/mol. The molecule has 33 heavy (non-hydrogen) atoms. The molecule has 0 radical (unpaired) electrons. The summed E-state index contributed by atoms with van der Waals surface area (Å²) in [5.74, 6) is -0.439. The van der Waals surface area contributed by atoms with E-state index >= 15 is 0 Å². The van der Waals surface area contributed by atoms with Crippen molar-refractivity contribution < 1.29 is 18.7 Å². The topological polar surface area (TPSA) is 89.3 Å². The van der Waals surface area contributed by atoms with E-state index in [0.717, 1.165) is 5.69 Å². The number of nitrogens with zero attached hydrogens (tertiary/aromatic N) is 4. The number of amides is 2. The Morgan fingerprint density at radius 3 is 2.52 bits per heavy atom. The molecule has 4 rings (SSSR count). The molecule has 0 spiro atoms. The number of halogens is 1. The summed E-state index contributed by atoms with van der Waals surface area (Å²) < 4.78 is 21.1. The first kappa shape index (κ1) is 22.9. The van der Waals surface area contributed by atoms with Crippen LogP contribution in [0.2, 0.25) is 0 Å². The molecule has 8 nitrogen and oxygen atoms in total. The molecule has 2 heterocycles. The van der Waals surface area contributed by atoms with E-state index in [2.05, 4.69) is 15.5 Å². The van der Waals surface area contributed by atoms with Crippen LogP contribution >= 0.6 is 11.8 Å². The summed E-state index contributed by atoms with van der Waals surface area (Å²) in [5.41, 5.74) is 0.756. The normalized spacial score (nSPS) is 14.7. The highest BCUT2D eigenvalue weighted by atomic mass is 32.2. The fraction of sp³-hybridized carbons (Fsp3) is 0.304. The molecule has 1 fully saturated rings. The Bertz CT molecular complexity index is 1120. The van der Waals surface area contributed by atoms with Crippen molar-refractivity contribution >= 4 is 23.6 Å². The van der Waals surface area contributed by atoms with E-state index in [0.29, 0.717) is 37.3 Å². The molecule has 0 bridgehead atoms. The summed E-state index contributed by atoms with van der Waals surface area (Å²) >= 11 is 1.28. The van der Waals surface area contributed by atoms with E-state index in [1.54, 1.807) is 17.9 Å². The van der Waals surface area contributed by atoms with Gasteiger partial charge in [0, 0.05) is 18.8 Å². The van der Waals surface area contributed by atoms with Crippen molar-refractivity contribution in [3.8, 4) is 5.69 Å². The van der Waals surface area contributed by atoms with Crippen LogP contribution in [-0.4, -0.2) is 63.5 Å². The first-order chi connectivity index (χ1) is 16.0. The Morgan fingerprint density at radius 1 is 1.09 bits per heavy atom. The van der Waals surface area contributed by atoms with Crippen LogP contribution in [0.3, 0.4) is 0 Å². The number of nitrogens with one attached hydrogen (secondary N) is 1. The zero-order chi connectivity index (χ0) is 23.2. The van der Waals surface area contributed by atoms with E-state index < -0.39 is 17.8 Å². The SMILES string of the molecule is CC(NC(=O)c1ccccc1F)c1nnc(SCC(=O)N2CCOCC2)n1-c1ccccc1. The van der Waals surface area contributed by atoms with Crippen molar-refractivity contribution in [3.63, 3.8) is 0 Å². The average molecular weight is 470 g/mol. The van der Waals surface area contributed by atoms with Crippen molar-refractivity contribution in [1.29, 1.82) is 0 Å². The molecule has 0 aliphatic carbocycles. The number of rotatable bonds is 7. The number of benzene rings is 2. The Labute approximate surface area is 195 Å². The van der Waals surface area contributed by atoms with Crippen LogP contribution < -0.4 is 5.32 Å². The number of hydrogen-bond donors (Lipinski definition) is 1. The lowest BCUT2D eigenvalue weighted by Crippen LogP contribution is -2.41. The molecule has 0 saturated carbocycles.